The van der Waals surface area contributed by atoms with E-state index in [0.717, 1.165) is 5.56 Å². The number of hydrogen-bond donors (Lipinski definition) is 3. The zero-order valence-corrected chi connectivity index (χ0v) is 11.5. The number of benzene rings is 1. The van der Waals surface area contributed by atoms with Crippen molar-refractivity contribution in [1.82, 2.24) is 10.3 Å². The molecule has 0 fully saturated rings. The van der Waals surface area contributed by atoms with Gasteiger partial charge < -0.3 is 15.7 Å². The van der Waals surface area contributed by atoms with Gasteiger partial charge in [0.25, 0.3) is 5.91 Å². The third-order valence-electron chi connectivity index (χ3n) is 2.87. The van der Waals surface area contributed by atoms with Gasteiger partial charge in [0.15, 0.2) is 0 Å². The van der Waals surface area contributed by atoms with Gasteiger partial charge in [0.1, 0.15) is 5.69 Å². The Bertz CT molecular complexity index is 671. The molecule has 0 bridgehead atoms. The first kappa shape index (κ1) is 14.7. The molecule has 6 heteroatoms. The first-order chi connectivity index (χ1) is 10.1. The maximum atomic E-state index is 12.2. The maximum Gasteiger partial charge on any atom is 0.354 e. The molecule has 0 aliphatic heterocycles. The zero-order chi connectivity index (χ0) is 15.2. The van der Waals surface area contributed by atoms with Crippen LogP contribution in [0.4, 0.5) is 5.69 Å². The summed E-state index contributed by atoms with van der Waals surface area (Å²) < 4.78 is 0. The van der Waals surface area contributed by atoms with E-state index < -0.39 is 5.97 Å². The Morgan fingerprint density at radius 1 is 1.24 bits per heavy atom. The molecule has 2 aromatic rings. The highest BCUT2D eigenvalue weighted by atomic mass is 16.4. The van der Waals surface area contributed by atoms with Crippen molar-refractivity contribution in [2.24, 2.45) is 0 Å². The number of hydrogen-bond acceptors (Lipinski definition) is 4. The van der Waals surface area contributed by atoms with Gasteiger partial charge in [-0.1, -0.05) is 18.2 Å². The Kier molecular flexibility index (Phi) is 4.63. The van der Waals surface area contributed by atoms with E-state index in [2.05, 4.69) is 15.6 Å². The topological polar surface area (TPSA) is 91.3 Å². The predicted octanol–water partition coefficient (Wildman–Crippen LogP) is 1.75. The lowest BCUT2D eigenvalue weighted by Crippen LogP contribution is -2.16. The van der Waals surface area contributed by atoms with Crippen molar-refractivity contribution in [3.8, 4) is 0 Å². The number of rotatable bonds is 5. The van der Waals surface area contributed by atoms with E-state index in [1.165, 1.54) is 18.3 Å². The van der Waals surface area contributed by atoms with E-state index in [4.69, 9.17) is 5.11 Å². The van der Waals surface area contributed by atoms with E-state index >= 15 is 0 Å². The van der Waals surface area contributed by atoms with Crippen LogP contribution >= 0.6 is 0 Å². The summed E-state index contributed by atoms with van der Waals surface area (Å²) in [5.41, 5.74) is 1.72. The van der Waals surface area contributed by atoms with Gasteiger partial charge in [0.05, 0.1) is 0 Å². The van der Waals surface area contributed by atoms with Crippen LogP contribution in [-0.2, 0) is 6.54 Å². The van der Waals surface area contributed by atoms with Crippen molar-refractivity contribution < 1.29 is 14.7 Å². The van der Waals surface area contributed by atoms with Crippen molar-refractivity contribution in [2.45, 2.75) is 6.54 Å². The summed E-state index contributed by atoms with van der Waals surface area (Å²) in [6.45, 7) is 0.618. The molecule has 0 radical (unpaired) electrons. The molecule has 0 spiro atoms. The molecule has 0 saturated heterocycles. The second-order valence-electron chi connectivity index (χ2n) is 4.38. The summed E-state index contributed by atoms with van der Waals surface area (Å²) in [6.07, 6.45) is 1.30. The van der Waals surface area contributed by atoms with E-state index in [1.807, 2.05) is 25.2 Å². The number of para-hydroxylation sites is 1. The Morgan fingerprint density at radius 3 is 2.71 bits per heavy atom. The van der Waals surface area contributed by atoms with Crippen LogP contribution < -0.4 is 10.6 Å². The number of pyridine rings is 1. The number of carbonyl (C=O) groups is 2. The van der Waals surface area contributed by atoms with E-state index in [0.29, 0.717) is 12.2 Å². The van der Waals surface area contributed by atoms with E-state index in [-0.39, 0.29) is 17.2 Å². The summed E-state index contributed by atoms with van der Waals surface area (Å²) in [5.74, 6) is -1.54. The van der Waals surface area contributed by atoms with Gasteiger partial charge in [-0.25, -0.2) is 9.78 Å². The summed E-state index contributed by atoms with van der Waals surface area (Å²) in [5, 5.41) is 14.7. The van der Waals surface area contributed by atoms with Crippen molar-refractivity contribution in [3.63, 3.8) is 0 Å². The molecule has 0 saturated carbocycles. The third kappa shape index (κ3) is 3.64. The van der Waals surface area contributed by atoms with Crippen molar-refractivity contribution >= 4 is 17.6 Å². The van der Waals surface area contributed by atoms with Crippen LogP contribution in [0.25, 0.3) is 0 Å². The highest BCUT2D eigenvalue weighted by molar-refractivity contribution is 6.05. The van der Waals surface area contributed by atoms with Crippen molar-refractivity contribution in [1.29, 1.82) is 0 Å². The van der Waals surface area contributed by atoms with Gasteiger partial charge in [0, 0.05) is 24.0 Å². The molecule has 1 aromatic heterocycles. The van der Waals surface area contributed by atoms with Crippen LogP contribution in [0.1, 0.15) is 26.4 Å². The Morgan fingerprint density at radius 2 is 2.00 bits per heavy atom. The van der Waals surface area contributed by atoms with Crippen molar-refractivity contribution in [2.75, 3.05) is 12.4 Å². The minimum absolute atomic E-state index is 0.161. The normalized spacial score (nSPS) is 10.1. The molecule has 2 rings (SSSR count). The molecule has 0 atom stereocenters. The number of nitrogens with one attached hydrogen (secondary N) is 2. The monoisotopic (exact) mass is 285 g/mol. The van der Waals surface area contributed by atoms with E-state index in [1.54, 1.807) is 6.07 Å². The average molecular weight is 285 g/mol. The summed E-state index contributed by atoms with van der Waals surface area (Å²) >= 11 is 0. The van der Waals surface area contributed by atoms with Crippen LogP contribution in [0, 0.1) is 0 Å². The smallest absolute Gasteiger partial charge is 0.354 e. The number of carboxylic acid groups (broad SMARTS) is 1. The zero-order valence-electron chi connectivity index (χ0n) is 11.5. The standard InChI is InChI=1S/C15H15N3O3/c1-16-9-11-4-2-3-5-12(11)18-14(19)10-6-7-17-13(8-10)15(20)21/h2-8,16H,9H2,1H3,(H,18,19)(H,20,21). The lowest BCUT2D eigenvalue weighted by atomic mass is 10.1. The first-order valence-electron chi connectivity index (χ1n) is 6.35. The number of aromatic carboxylic acids is 1. The average Bonchev–Trinajstić information content (AvgIpc) is 2.49. The minimum atomic E-state index is -1.17. The third-order valence-corrected chi connectivity index (χ3v) is 2.87. The van der Waals surface area contributed by atoms with Gasteiger partial charge in [-0.05, 0) is 30.8 Å². The number of carboxylic acids is 1. The number of amides is 1. The van der Waals surface area contributed by atoms with Gasteiger partial charge in [0.2, 0.25) is 0 Å². The van der Waals surface area contributed by atoms with Crippen LogP contribution in [0.15, 0.2) is 42.6 Å². The molecule has 21 heavy (non-hydrogen) atoms. The molecule has 6 nitrogen and oxygen atoms in total. The molecule has 1 aromatic carbocycles. The van der Waals surface area contributed by atoms with Crippen molar-refractivity contribution in [3.05, 3.63) is 59.4 Å². The van der Waals surface area contributed by atoms with E-state index in [9.17, 15) is 9.59 Å². The molecular weight excluding hydrogens is 270 g/mol. The second-order valence-corrected chi connectivity index (χ2v) is 4.38. The summed E-state index contributed by atoms with van der Waals surface area (Å²) in [6, 6.07) is 10.1. The number of anilines is 1. The Balaban J connectivity index is 2.22. The van der Waals surface area contributed by atoms with Gasteiger partial charge in [-0.3, -0.25) is 4.79 Å². The molecule has 0 aliphatic rings. The van der Waals surface area contributed by atoms with Crippen LogP contribution in [0.5, 0.6) is 0 Å². The quantitative estimate of drug-likeness (QED) is 0.778. The number of carbonyl (C=O) groups excluding carboxylic acids is 1. The Hall–Kier alpha value is -2.73. The molecule has 0 aliphatic carbocycles. The molecule has 0 unspecified atom stereocenters. The SMILES string of the molecule is CNCc1ccccc1NC(=O)c1ccnc(C(=O)O)c1. The van der Waals surface area contributed by atoms with Crippen LogP contribution in [0.3, 0.4) is 0 Å². The Labute approximate surface area is 121 Å². The fourth-order valence-corrected chi connectivity index (χ4v) is 1.87. The maximum absolute atomic E-state index is 12.2. The minimum Gasteiger partial charge on any atom is -0.477 e. The number of aromatic nitrogens is 1. The van der Waals surface area contributed by atoms with Gasteiger partial charge in [-0.2, -0.15) is 0 Å². The first-order valence-corrected chi connectivity index (χ1v) is 6.35. The highest BCUT2D eigenvalue weighted by Crippen LogP contribution is 2.16. The molecule has 108 valence electrons. The van der Waals surface area contributed by atoms with Crippen LogP contribution in [-0.4, -0.2) is 29.0 Å². The molecule has 1 heterocycles. The predicted molar refractivity (Wildman–Crippen MR) is 78.4 cm³/mol. The molecular formula is C15H15N3O3. The molecule has 3 N–H and O–H groups in total. The van der Waals surface area contributed by atoms with Crippen LogP contribution in [0.2, 0.25) is 0 Å². The van der Waals surface area contributed by atoms with Gasteiger partial charge >= 0.3 is 5.97 Å². The number of nitrogens with zero attached hydrogens (tertiary/aromatic N) is 1. The molecule has 1 amide bonds. The fourth-order valence-electron chi connectivity index (χ4n) is 1.87. The lowest BCUT2D eigenvalue weighted by Gasteiger charge is -2.10. The fraction of sp³-hybridized carbons (Fsp3) is 0.133. The second kappa shape index (κ2) is 6.62. The lowest BCUT2D eigenvalue weighted by molar-refractivity contribution is 0.0690. The summed E-state index contributed by atoms with van der Waals surface area (Å²) in [4.78, 5) is 26.7. The highest BCUT2D eigenvalue weighted by Gasteiger charge is 2.12. The summed E-state index contributed by atoms with van der Waals surface area (Å²) in [7, 11) is 1.82. The largest absolute Gasteiger partial charge is 0.477 e. The van der Waals surface area contributed by atoms with Gasteiger partial charge in [-0.15, -0.1) is 0 Å².